The highest BCUT2D eigenvalue weighted by molar-refractivity contribution is 5.21. The molecule has 0 aromatic heterocycles. The molecule has 1 fully saturated rings. The molecule has 0 bridgehead atoms. The number of likely N-dealkylation sites (N-methyl/N-ethyl adjacent to an activating group) is 1. The van der Waals surface area contributed by atoms with Gasteiger partial charge in [0.15, 0.2) is 0 Å². The van der Waals surface area contributed by atoms with E-state index in [4.69, 9.17) is 4.74 Å². The molecule has 1 unspecified atom stereocenters. The third-order valence-corrected chi connectivity index (χ3v) is 2.88. The van der Waals surface area contributed by atoms with E-state index in [1.165, 1.54) is 25.8 Å². The molecule has 1 atom stereocenters. The Balaban J connectivity index is 1.93. The second kappa shape index (κ2) is 5.17. The molecule has 0 spiro atoms. The van der Waals surface area contributed by atoms with Crippen molar-refractivity contribution in [3.63, 3.8) is 0 Å². The number of rotatable bonds is 2. The van der Waals surface area contributed by atoms with Crippen LogP contribution in [0.25, 0.3) is 0 Å². The van der Waals surface area contributed by atoms with Gasteiger partial charge in [0, 0.05) is 6.54 Å². The number of benzene rings is 1. The van der Waals surface area contributed by atoms with Crippen LogP contribution in [0.5, 0.6) is 5.75 Å². The first-order valence-corrected chi connectivity index (χ1v) is 5.75. The van der Waals surface area contributed by atoms with Crippen LogP contribution in [-0.2, 0) is 0 Å². The van der Waals surface area contributed by atoms with Crippen molar-refractivity contribution in [2.75, 3.05) is 20.1 Å². The SMILES string of the molecule is CN1CCCCC(Oc2ccccc2)C1. The Kier molecular flexibility index (Phi) is 3.62. The number of nitrogens with zero attached hydrogens (tertiary/aromatic N) is 1. The molecular formula is C13H19NO. The summed E-state index contributed by atoms with van der Waals surface area (Å²) in [6.45, 7) is 2.25. The fourth-order valence-corrected chi connectivity index (χ4v) is 2.07. The number of hydrogen-bond donors (Lipinski definition) is 0. The smallest absolute Gasteiger partial charge is 0.119 e. The van der Waals surface area contributed by atoms with Gasteiger partial charge in [0.05, 0.1) is 0 Å². The van der Waals surface area contributed by atoms with Crippen LogP contribution in [0.3, 0.4) is 0 Å². The first-order valence-electron chi connectivity index (χ1n) is 5.75. The molecule has 1 heterocycles. The fourth-order valence-electron chi connectivity index (χ4n) is 2.07. The van der Waals surface area contributed by atoms with Crippen LogP contribution >= 0.6 is 0 Å². The van der Waals surface area contributed by atoms with Crippen molar-refractivity contribution in [1.82, 2.24) is 4.90 Å². The molecule has 0 N–H and O–H groups in total. The standard InChI is InChI=1S/C13H19NO/c1-14-10-6-5-9-13(11-14)15-12-7-3-2-4-8-12/h2-4,7-8,13H,5-6,9-11H2,1H3. The summed E-state index contributed by atoms with van der Waals surface area (Å²) < 4.78 is 5.96. The van der Waals surface area contributed by atoms with Gasteiger partial charge in [-0.15, -0.1) is 0 Å². The Morgan fingerprint density at radius 1 is 1.20 bits per heavy atom. The molecule has 82 valence electrons. The summed E-state index contributed by atoms with van der Waals surface area (Å²) in [7, 11) is 2.17. The Morgan fingerprint density at radius 3 is 2.80 bits per heavy atom. The Labute approximate surface area is 91.9 Å². The molecule has 1 aromatic rings. The molecule has 2 rings (SSSR count). The second-order valence-electron chi connectivity index (χ2n) is 4.31. The van der Waals surface area contributed by atoms with Gasteiger partial charge in [-0.3, -0.25) is 0 Å². The predicted octanol–water partition coefficient (Wildman–Crippen LogP) is 2.55. The van der Waals surface area contributed by atoms with Crippen molar-refractivity contribution in [3.8, 4) is 5.75 Å². The van der Waals surface area contributed by atoms with Gasteiger partial charge in [-0.25, -0.2) is 0 Å². The van der Waals surface area contributed by atoms with Crippen LogP contribution in [0, 0.1) is 0 Å². The molecule has 0 aliphatic carbocycles. The lowest BCUT2D eigenvalue weighted by molar-refractivity contribution is 0.155. The highest BCUT2D eigenvalue weighted by atomic mass is 16.5. The van der Waals surface area contributed by atoms with Gasteiger partial charge in [-0.05, 0) is 45.0 Å². The van der Waals surface area contributed by atoms with Crippen molar-refractivity contribution >= 4 is 0 Å². The minimum atomic E-state index is 0.361. The number of ether oxygens (including phenoxy) is 1. The summed E-state index contributed by atoms with van der Waals surface area (Å²) in [5.41, 5.74) is 0. The normalized spacial score (nSPS) is 23.4. The van der Waals surface area contributed by atoms with Gasteiger partial charge in [0.1, 0.15) is 11.9 Å². The van der Waals surface area contributed by atoms with Gasteiger partial charge in [0.2, 0.25) is 0 Å². The second-order valence-corrected chi connectivity index (χ2v) is 4.31. The molecular weight excluding hydrogens is 186 g/mol. The van der Waals surface area contributed by atoms with E-state index in [0.29, 0.717) is 6.10 Å². The van der Waals surface area contributed by atoms with Gasteiger partial charge in [0.25, 0.3) is 0 Å². The largest absolute Gasteiger partial charge is 0.489 e. The third kappa shape index (κ3) is 3.24. The zero-order valence-corrected chi connectivity index (χ0v) is 9.36. The molecule has 1 aliphatic rings. The van der Waals surface area contributed by atoms with E-state index >= 15 is 0 Å². The summed E-state index contributed by atoms with van der Waals surface area (Å²) in [5.74, 6) is 0.998. The topological polar surface area (TPSA) is 12.5 Å². The molecule has 1 saturated heterocycles. The fraction of sp³-hybridized carbons (Fsp3) is 0.538. The predicted molar refractivity (Wildman–Crippen MR) is 62.2 cm³/mol. The van der Waals surface area contributed by atoms with E-state index in [1.54, 1.807) is 0 Å². The summed E-state index contributed by atoms with van der Waals surface area (Å²) in [6, 6.07) is 10.1. The zero-order valence-electron chi connectivity index (χ0n) is 9.36. The monoisotopic (exact) mass is 205 g/mol. The molecule has 1 aliphatic heterocycles. The lowest BCUT2D eigenvalue weighted by atomic mass is 10.2. The van der Waals surface area contributed by atoms with Crippen molar-refractivity contribution in [3.05, 3.63) is 30.3 Å². The molecule has 0 amide bonds. The molecule has 15 heavy (non-hydrogen) atoms. The minimum absolute atomic E-state index is 0.361. The summed E-state index contributed by atoms with van der Waals surface area (Å²) in [6.07, 6.45) is 4.12. The number of para-hydroxylation sites is 1. The van der Waals surface area contributed by atoms with Crippen LogP contribution in [-0.4, -0.2) is 31.1 Å². The quantitative estimate of drug-likeness (QED) is 0.735. The van der Waals surface area contributed by atoms with Gasteiger partial charge < -0.3 is 9.64 Å². The lowest BCUT2D eigenvalue weighted by Crippen LogP contribution is -2.31. The average molecular weight is 205 g/mol. The average Bonchev–Trinajstić information content (AvgIpc) is 2.44. The van der Waals surface area contributed by atoms with Crippen LogP contribution in [0.15, 0.2) is 30.3 Å². The maximum atomic E-state index is 5.96. The zero-order chi connectivity index (χ0) is 10.5. The Bertz CT molecular complexity index is 286. The van der Waals surface area contributed by atoms with E-state index in [2.05, 4.69) is 11.9 Å². The number of hydrogen-bond acceptors (Lipinski definition) is 2. The summed E-state index contributed by atoms with van der Waals surface area (Å²) >= 11 is 0. The molecule has 2 heteroatoms. The molecule has 0 radical (unpaired) electrons. The van der Waals surface area contributed by atoms with Gasteiger partial charge >= 0.3 is 0 Å². The van der Waals surface area contributed by atoms with Crippen molar-refractivity contribution in [2.45, 2.75) is 25.4 Å². The first-order chi connectivity index (χ1) is 7.34. The van der Waals surface area contributed by atoms with Crippen molar-refractivity contribution in [1.29, 1.82) is 0 Å². The number of likely N-dealkylation sites (tertiary alicyclic amines) is 1. The summed E-state index contributed by atoms with van der Waals surface area (Å²) in [4.78, 5) is 2.36. The minimum Gasteiger partial charge on any atom is -0.489 e. The van der Waals surface area contributed by atoms with Gasteiger partial charge in [-0.1, -0.05) is 18.2 Å². The van der Waals surface area contributed by atoms with Crippen LogP contribution in [0.1, 0.15) is 19.3 Å². The highest BCUT2D eigenvalue weighted by Gasteiger charge is 2.16. The molecule has 0 saturated carbocycles. The Morgan fingerprint density at radius 2 is 2.00 bits per heavy atom. The maximum absolute atomic E-state index is 5.96. The van der Waals surface area contributed by atoms with Crippen LogP contribution in [0.2, 0.25) is 0 Å². The Hall–Kier alpha value is -1.02. The van der Waals surface area contributed by atoms with Crippen LogP contribution in [0.4, 0.5) is 0 Å². The van der Waals surface area contributed by atoms with Crippen LogP contribution < -0.4 is 4.74 Å². The van der Waals surface area contributed by atoms with Crippen molar-refractivity contribution < 1.29 is 4.74 Å². The van der Waals surface area contributed by atoms with E-state index in [-0.39, 0.29) is 0 Å². The van der Waals surface area contributed by atoms with Crippen molar-refractivity contribution in [2.24, 2.45) is 0 Å². The molecule has 1 aromatic carbocycles. The highest BCUT2D eigenvalue weighted by Crippen LogP contribution is 2.17. The van der Waals surface area contributed by atoms with Gasteiger partial charge in [-0.2, -0.15) is 0 Å². The lowest BCUT2D eigenvalue weighted by Gasteiger charge is -2.21. The summed E-state index contributed by atoms with van der Waals surface area (Å²) in [5, 5.41) is 0. The van der Waals surface area contributed by atoms with E-state index in [0.717, 1.165) is 12.3 Å². The van der Waals surface area contributed by atoms with E-state index < -0.39 is 0 Å². The third-order valence-electron chi connectivity index (χ3n) is 2.88. The first kappa shape index (κ1) is 10.5. The van der Waals surface area contributed by atoms with E-state index in [1.807, 2.05) is 30.3 Å². The van der Waals surface area contributed by atoms with E-state index in [9.17, 15) is 0 Å². The maximum Gasteiger partial charge on any atom is 0.119 e. The molecule has 2 nitrogen and oxygen atoms in total.